The van der Waals surface area contributed by atoms with Gasteiger partial charge in [-0.1, -0.05) is 71.1 Å². The van der Waals surface area contributed by atoms with E-state index in [1.165, 1.54) is 77.0 Å². The minimum atomic E-state index is -0.102. The van der Waals surface area contributed by atoms with Crippen molar-refractivity contribution >= 4 is 0 Å². The zero-order valence-corrected chi connectivity index (χ0v) is 14.1. The lowest BCUT2D eigenvalue weighted by atomic mass is 9.83. The van der Waals surface area contributed by atoms with E-state index < -0.39 is 0 Å². The minimum Gasteiger partial charge on any atom is -0.393 e. The van der Waals surface area contributed by atoms with Crippen LogP contribution in [0.4, 0.5) is 0 Å². The molecule has 0 radical (unpaired) electrons. The van der Waals surface area contributed by atoms with E-state index in [4.69, 9.17) is 4.74 Å². The maximum absolute atomic E-state index is 10.3. The molecule has 0 amide bonds. The summed E-state index contributed by atoms with van der Waals surface area (Å²) in [6.45, 7) is 2.28. The molecule has 124 valence electrons. The van der Waals surface area contributed by atoms with Crippen molar-refractivity contribution in [3.05, 3.63) is 0 Å². The van der Waals surface area contributed by atoms with Gasteiger partial charge in [0.25, 0.3) is 0 Å². The monoisotopic (exact) mass is 296 g/mol. The molecule has 2 aliphatic rings. The summed E-state index contributed by atoms with van der Waals surface area (Å²) in [7, 11) is 0. The van der Waals surface area contributed by atoms with Crippen LogP contribution in [-0.4, -0.2) is 23.4 Å². The van der Waals surface area contributed by atoms with Crippen LogP contribution in [0.1, 0.15) is 96.8 Å². The van der Waals surface area contributed by atoms with Crippen molar-refractivity contribution in [3.63, 3.8) is 0 Å². The zero-order chi connectivity index (χ0) is 14.9. The Hall–Kier alpha value is -0.0800. The van der Waals surface area contributed by atoms with Crippen molar-refractivity contribution < 1.29 is 9.84 Å². The van der Waals surface area contributed by atoms with E-state index in [0.717, 1.165) is 12.8 Å². The highest BCUT2D eigenvalue weighted by atomic mass is 16.5. The molecule has 2 saturated heterocycles. The summed E-state index contributed by atoms with van der Waals surface area (Å²) in [5.74, 6) is 0.447. The lowest BCUT2D eigenvalue weighted by Crippen LogP contribution is -2.29. The fraction of sp³-hybridized carbons (Fsp3) is 1.00. The number of fused-ring (bicyclic) bond motifs is 2. The van der Waals surface area contributed by atoms with E-state index in [9.17, 15) is 5.11 Å². The van der Waals surface area contributed by atoms with Crippen molar-refractivity contribution in [3.8, 4) is 0 Å². The topological polar surface area (TPSA) is 29.5 Å². The standard InChI is InChI=1S/C19H36O2/c1-2-3-4-5-6-7-8-9-10-11-12-18(20)17-15-16-13-14-19(17)21-16/h16-20H,2-15H2,1H3. The molecule has 2 fully saturated rings. The largest absolute Gasteiger partial charge is 0.393 e. The second-order valence-corrected chi connectivity index (χ2v) is 7.31. The third-order valence-corrected chi connectivity index (χ3v) is 5.50. The van der Waals surface area contributed by atoms with E-state index >= 15 is 0 Å². The predicted octanol–water partition coefficient (Wildman–Crippen LogP) is 5.23. The van der Waals surface area contributed by atoms with Gasteiger partial charge in [-0.05, 0) is 25.7 Å². The van der Waals surface area contributed by atoms with Gasteiger partial charge in [-0.15, -0.1) is 0 Å². The molecular formula is C19H36O2. The van der Waals surface area contributed by atoms with E-state index in [1.807, 2.05) is 0 Å². The molecular weight excluding hydrogens is 260 g/mol. The first-order chi connectivity index (χ1) is 10.3. The quantitative estimate of drug-likeness (QED) is 0.500. The molecule has 0 aliphatic carbocycles. The van der Waals surface area contributed by atoms with Crippen LogP contribution in [0.3, 0.4) is 0 Å². The van der Waals surface area contributed by atoms with Gasteiger partial charge in [0.1, 0.15) is 0 Å². The van der Waals surface area contributed by atoms with Gasteiger partial charge in [0.15, 0.2) is 0 Å². The van der Waals surface area contributed by atoms with Crippen LogP contribution in [0.2, 0.25) is 0 Å². The number of unbranched alkanes of at least 4 members (excludes halogenated alkanes) is 9. The molecule has 2 nitrogen and oxygen atoms in total. The van der Waals surface area contributed by atoms with Gasteiger partial charge in [-0.2, -0.15) is 0 Å². The van der Waals surface area contributed by atoms with Gasteiger partial charge in [0.2, 0.25) is 0 Å². The first-order valence-corrected chi connectivity index (χ1v) is 9.64. The van der Waals surface area contributed by atoms with Crippen LogP contribution in [-0.2, 0) is 4.74 Å². The third kappa shape index (κ3) is 5.90. The maximum atomic E-state index is 10.3. The Morgan fingerprint density at radius 2 is 1.52 bits per heavy atom. The number of aliphatic hydroxyl groups is 1. The number of rotatable bonds is 12. The van der Waals surface area contributed by atoms with Gasteiger partial charge in [0, 0.05) is 5.92 Å². The van der Waals surface area contributed by atoms with Gasteiger partial charge in [0.05, 0.1) is 18.3 Å². The van der Waals surface area contributed by atoms with Gasteiger partial charge < -0.3 is 9.84 Å². The summed E-state index contributed by atoms with van der Waals surface area (Å²) in [5.41, 5.74) is 0. The Balaban J connectivity index is 1.38. The summed E-state index contributed by atoms with van der Waals surface area (Å²) in [6, 6.07) is 0. The Kier molecular flexibility index (Phi) is 8.10. The second kappa shape index (κ2) is 9.84. The highest BCUT2D eigenvalue weighted by Crippen LogP contribution is 2.41. The Morgan fingerprint density at radius 3 is 2.05 bits per heavy atom. The Labute approximate surface area is 131 Å². The lowest BCUT2D eigenvalue weighted by molar-refractivity contribution is 0.0377. The first-order valence-electron chi connectivity index (χ1n) is 9.64. The van der Waals surface area contributed by atoms with Crippen LogP contribution >= 0.6 is 0 Å². The lowest BCUT2D eigenvalue weighted by Gasteiger charge is -2.24. The number of hydrogen-bond donors (Lipinski definition) is 1. The number of aliphatic hydroxyl groups excluding tert-OH is 1. The molecule has 2 heterocycles. The van der Waals surface area contributed by atoms with Gasteiger partial charge >= 0.3 is 0 Å². The van der Waals surface area contributed by atoms with Crippen LogP contribution in [0, 0.1) is 5.92 Å². The summed E-state index contributed by atoms with van der Waals surface area (Å²) >= 11 is 0. The van der Waals surface area contributed by atoms with Crippen LogP contribution < -0.4 is 0 Å². The molecule has 2 heteroatoms. The summed E-state index contributed by atoms with van der Waals surface area (Å²) < 4.78 is 5.85. The molecule has 1 N–H and O–H groups in total. The van der Waals surface area contributed by atoms with Crippen LogP contribution in [0.25, 0.3) is 0 Å². The highest BCUT2D eigenvalue weighted by Gasteiger charge is 2.43. The molecule has 0 spiro atoms. The molecule has 21 heavy (non-hydrogen) atoms. The molecule has 0 aromatic rings. The summed E-state index contributed by atoms with van der Waals surface area (Å²) in [4.78, 5) is 0. The van der Waals surface area contributed by atoms with Crippen molar-refractivity contribution in [2.24, 2.45) is 5.92 Å². The number of ether oxygens (including phenoxy) is 1. The van der Waals surface area contributed by atoms with E-state index in [0.29, 0.717) is 18.1 Å². The van der Waals surface area contributed by atoms with Gasteiger partial charge in [-0.3, -0.25) is 0 Å². The molecule has 4 unspecified atom stereocenters. The average molecular weight is 296 g/mol. The third-order valence-electron chi connectivity index (χ3n) is 5.50. The smallest absolute Gasteiger partial charge is 0.0633 e. The molecule has 2 rings (SSSR count). The molecule has 4 atom stereocenters. The second-order valence-electron chi connectivity index (χ2n) is 7.31. The van der Waals surface area contributed by atoms with Crippen LogP contribution in [0.15, 0.2) is 0 Å². The molecule has 2 aliphatic heterocycles. The molecule has 2 bridgehead atoms. The number of hydrogen-bond acceptors (Lipinski definition) is 2. The Morgan fingerprint density at radius 1 is 0.905 bits per heavy atom. The fourth-order valence-electron chi connectivity index (χ4n) is 4.14. The van der Waals surface area contributed by atoms with Crippen molar-refractivity contribution in [2.75, 3.05) is 0 Å². The van der Waals surface area contributed by atoms with Crippen molar-refractivity contribution in [1.29, 1.82) is 0 Å². The Bertz CT molecular complexity index is 266. The highest BCUT2D eigenvalue weighted by molar-refractivity contribution is 4.92. The molecule has 0 aromatic carbocycles. The van der Waals surface area contributed by atoms with Crippen molar-refractivity contribution in [1.82, 2.24) is 0 Å². The van der Waals surface area contributed by atoms with Crippen molar-refractivity contribution in [2.45, 2.75) is 115 Å². The average Bonchev–Trinajstić information content (AvgIpc) is 3.12. The first kappa shape index (κ1) is 17.3. The van der Waals surface area contributed by atoms with E-state index in [-0.39, 0.29) is 6.10 Å². The fourth-order valence-corrected chi connectivity index (χ4v) is 4.14. The van der Waals surface area contributed by atoms with Crippen LogP contribution in [0.5, 0.6) is 0 Å². The summed E-state index contributed by atoms with van der Waals surface area (Å²) in [6.07, 6.45) is 19.0. The zero-order valence-electron chi connectivity index (χ0n) is 14.1. The minimum absolute atomic E-state index is 0.102. The maximum Gasteiger partial charge on any atom is 0.0633 e. The van der Waals surface area contributed by atoms with Gasteiger partial charge in [-0.25, -0.2) is 0 Å². The SMILES string of the molecule is CCCCCCCCCCCCC(O)C1CC2CCC1O2. The molecule has 0 aromatic heterocycles. The predicted molar refractivity (Wildman–Crippen MR) is 88.5 cm³/mol. The summed E-state index contributed by atoms with van der Waals surface area (Å²) in [5, 5.41) is 10.3. The normalized spacial score (nSPS) is 29.1. The van der Waals surface area contributed by atoms with E-state index in [1.54, 1.807) is 0 Å². The molecule has 0 saturated carbocycles. The van der Waals surface area contributed by atoms with E-state index in [2.05, 4.69) is 6.92 Å².